The van der Waals surface area contributed by atoms with Crippen LogP contribution in [0.3, 0.4) is 0 Å². The number of rotatable bonds is 4. The molecule has 0 amide bonds. The summed E-state index contributed by atoms with van der Waals surface area (Å²) in [7, 11) is 3.78. The number of ether oxygens (including phenoxy) is 1. The Morgan fingerprint density at radius 1 is 1.21 bits per heavy atom. The summed E-state index contributed by atoms with van der Waals surface area (Å²) in [5.41, 5.74) is 0. The number of nitrogens with zero attached hydrogens (tertiary/aromatic N) is 4. The van der Waals surface area contributed by atoms with Gasteiger partial charge in [-0.05, 0) is 20.9 Å². The van der Waals surface area contributed by atoms with Crippen molar-refractivity contribution in [3.8, 4) is 5.88 Å². The van der Waals surface area contributed by atoms with Crippen LogP contribution in [0.15, 0.2) is 6.07 Å². The molecule has 0 unspecified atom stereocenters. The molecule has 0 aromatic carbocycles. The molecule has 6 heteroatoms. The number of nitrogens with one attached hydrogen (secondary N) is 1. The van der Waals surface area contributed by atoms with Crippen molar-refractivity contribution in [3.05, 3.63) is 6.07 Å². The third-order valence-corrected chi connectivity index (χ3v) is 3.14. The largest absolute Gasteiger partial charge is 0.481 e. The van der Waals surface area contributed by atoms with Crippen molar-refractivity contribution in [1.82, 2.24) is 14.9 Å². The van der Waals surface area contributed by atoms with E-state index in [4.69, 9.17) is 4.74 Å². The van der Waals surface area contributed by atoms with Crippen molar-refractivity contribution < 1.29 is 4.74 Å². The Hall–Kier alpha value is -1.56. The molecule has 1 aliphatic heterocycles. The SMILES string of the molecule is COc1cc(N2CCN(C)CC2)nc(NC(C)C)n1. The lowest BCUT2D eigenvalue weighted by atomic mass is 10.3. The Labute approximate surface area is 114 Å². The van der Waals surface area contributed by atoms with Gasteiger partial charge in [0.1, 0.15) is 5.82 Å². The van der Waals surface area contributed by atoms with Crippen molar-refractivity contribution in [2.24, 2.45) is 0 Å². The highest BCUT2D eigenvalue weighted by Crippen LogP contribution is 2.21. The highest BCUT2D eigenvalue weighted by atomic mass is 16.5. The minimum Gasteiger partial charge on any atom is -0.481 e. The lowest BCUT2D eigenvalue weighted by molar-refractivity contribution is 0.311. The summed E-state index contributed by atoms with van der Waals surface area (Å²) >= 11 is 0. The maximum Gasteiger partial charge on any atom is 0.228 e. The zero-order valence-corrected chi connectivity index (χ0v) is 12.2. The van der Waals surface area contributed by atoms with Gasteiger partial charge >= 0.3 is 0 Å². The molecule has 2 rings (SSSR count). The summed E-state index contributed by atoms with van der Waals surface area (Å²) in [5.74, 6) is 2.17. The number of aromatic nitrogens is 2. The molecule has 0 spiro atoms. The normalized spacial score (nSPS) is 16.8. The number of methoxy groups -OCH3 is 1. The van der Waals surface area contributed by atoms with Crippen LogP contribution >= 0.6 is 0 Å². The van der Waals surface area contributed by atoms with Gasteiger partial charge in [-0.25, -0.2) is 0 Å². The van der Waals surface area contributed by atoms with Crippen LogP contribution in [-0.2, 0) is 0 Å². The topological polar surface area (TPSA) is 53.5 Å². The van der Waals surface area contributed by atoms with E-state index in [0.717, 1.165) is 32.0 Å². The van der Waals surface area contributed by atoms with Crippen molar-refractivity contribution in [2.45, 2.75) is 19.9 Å². The van der Waals surface area contributed by atoms with Crippen LogP contribution in [0, 0.1) is 0 Å². The van der Waals surface area contributed by atoms with E-state index >= 15 is 0 Å². The Morgan fingerprint density at radius 3 is 2.47 bits per heavy atom. The zero-order chi connectivity index (χ0) is 13.8. The second-order valence-electron chi connectivity index (χ2n) is 5.18. The average molecular weight is 265 g/mol. The second kappa shape index (κ2) is 6.06. The number of hydrogen-bond acceptors (Lipinski definition) is 6. The highest BCUT2D eigenvalue weighted by molar-refractivity contribution is 5.47. The van der Waals surface area contributed by atoms with Crippen LogP contribution in [-0.4, -0.2) is 61.2 Å². The van der Waals surface area contributed by atoms with Gasteiger partial charge in [0.15, 0.2) is 0 Å². The molecular weight excluding hydrogens is 242 g/mol. The van der Waals surface area contributed by atoms with E-state index < -0.39 is 0 Å². The fourth-order valence-corrected chi connectivity index (χ4v) is 2.04. The van der Waals surface area contributed by atoms with E-state index in [-0.39, 0.29) is 0 Å². The summed E-state index contributed by atoms with van der Waals surface area (Å²) in [6, 6.07) is 2.20. The summed E-state index contributed by atoms with van der Waals surface area (Å²) in [4.78, 5) is 13.5. The molecule has 0 saturated carbocycles. The minimum absolute atomic E-state index is 0.299. The van der Waals surface area contributed by atoms with E-state index in [0.29, 0.717) is 17.9 Å². The second-order valence-corrected chi connectivity index (χ2v) is 5.18. The van der Waals surface area contributed by atoms with Crippen LogP contribution < -0.4 is 15.0 Å². The maximum atomic E-state index is 5.26. The van der Waals surface area contributed by atoms with E-state index in [1.54, 1.807) is 7.11 Å². The first-order chi connectivity index (χ1) is 9.08. The monoisotopic (exact) mass is 265 g/mol. The van der Waals surface area contributed by atoms with Crippen LogP contribution in [0.5, 0.6) is 5.88 Å². The van der Waals surface area contributed by atoms with E-state index in [2.05, 4.69) is 46.0 Å². The molecular formula is C13H23N5O. The van der Waals surface area contributed by atoms with Crippen LogP contribution in [0.2, 0.25) is 0 Å². The van der Waals surface area contributed by atoms with E-state index in [1.165, 1.54) is 0 Å². The van der Waals surface area contributed by atoms with Crippen LogP contribution in [0.1, 0.15) is 13.8 Å². The Kier molecular flexibility index (Phi) is 4.42. The number of hydrogen-bond donors (Lipinski definition) is 1. The van der Waals surface area contributed by atoms with Crippen LogP contribution in [0.25, 0.3) is 0 Å². The Morgan fingerprint density at radius 2 is 1.89 bits per heavy atom. The van der Waals surface area contributed by atoms with Gasteiger partial charge in [0.25, 0.3) is 0 Å². The van der Waals surface area contributed by atoms with Gasteiger partial charge in [-0.1, -0.05) is 0 Å². The van der Waals surface area contributed by atoms with Crippen LogP contribution in [0.4, 0.5) is 11.8 Å². The third-order valence-electron chi connectivity index (χ3n) is 3.14. The van der Waals surface area contributed by atoms with Gasteiger partial charge in [-0.15, -0.1) is 0 Å². The molecule has 1 fully saturated rings. The molecule has 1 aromatic rings. The molecule has 1 aromatic heterocycles. The molecule has 106 valence electrons. The van der Waals surface area contributed by atoms with Gasteiger partial charge in [-0.3, -0.25) is 0 Å². The first-order valence-electron chi connectivity index (χ1n) is 6.71. The minimum atomic E-state index is 0.299. The molecule has 1 saturated heterocycles. The van der Waals surface area contributed by atoms with Crippen molar-refractivity contribution in [1.29, 1.82) is 0 Å². The number of piperazine rings is 1. The molecule has 0 bridgehead atoms. The van der Waals surface area contributed by atoms with Gasteiger partial charge in [-0.2, -0.15) is 9.97 Å². The molecule has 0 radical (unpaired) electrons. The highest BCUT2D eigenvalue weighted by Gasteiger charge is 2.17. The molecule has 0 atom stereocenters. The molecule has 19 heavy (non-hydrogen) atoms. The smallest absolute Gasteiger partial charge is 0.228 e. The molecule has 2 heterocycles. The van der Waals surface area contributed by atoms with Crippen molar-refractivity contribution in [2.75, 3.05) is 50.6 Å². The van der Waals surface area contributed by atoms with Crippen molar-refractivity contribution >= 4 is 11.8 Å². The Balaban J connectivity index is 2.18. The number of anilines is 2. The lowest BCUT2D eigenvalue weighted by Gasteiger charge is -2.33. The first-order valence-corrected chi connectivity index (χ1v) is 6.71. The quantitative estimate of drug-likeness (QED) is 0.878. The van der Waals surface area contributed by atoms with Crippen molar-refractivity contribution in [3.63, 3.8) is 0 Å². The summed E-state index contributed by atoms with van der Waals surface area (Å²) in [6.45, 7) is 8.21. The molecule has 0 aliphatic carbocycles. The molecule has 6 nitrogen and oxygen atoms in total. The average Bonchev–Trinajstić information content (AvgIpc) is 2.38. The summed E-state index contributed by atoms with van der Waals surface area (Å²) in [5, 5.41) is 3.23. The molecule has 1 aliphatic rings. The third kappa shape index (κ3) is 3.70. The van der Waals surface area contributed by atoms with E-state index in [9.17, 15) is 0 Å². The summed E-state index contributed by atoms with van der Waals surface area (Å²) in [6.07, 6.45) is 0. The zero-order valence-electron chi connectivity index (χ0n) is 12.2. The number of likely N-dealkylation sites (N-methyl/N-ethyl adjacent to an activating group) is 1. The predicted octanol–water partition coefficient (Wildman–Crippen LogP) is 1.06. The van der Waals surface area contributed by atoms with Gasteiger partial charge in [0.2, 0.25) is 11.8 Å². The standard InChI is InChI=1S/C13H23N5O/c1-10(2)14-13-15-11(9-12(16-13)19-4)18-7-5-17(3)6-8-18/h9-10H,5-8H2,1-4H3,(H,14,15,16). The maximum absolute atomic E-state index is 5.26. The lowest BCUT2D eigenvalue weighted by Crippen LogP contribution is -2.44. The van der Waals surface area contributed by atoms with E-state index in [1.807, 2.05) is 6.07 Å². The first kappa shape index (κ1) is 13.9. The fourth-order valence-electron chi connectivity index (χ4n) is 2.04. The Bertz CT molecular complexity index is 415. The van der Waals surface area contributed by atoms with Gasteiger partial charge in [0, 0.05) is 38.3 Å². The van der Waals surface area contributed by atoms with Gasteiger partial charge < -0.3 is 19.9 Å². The fraction of sp³-hybridized carbons (Fsp3) is 0.692. The summed E-state index contributed by atoms with van der Waals surface area (Å²) < 4.78 is 5.26. The molecule has 1 N–H and O–H groups in total. The van der Waals surface area contributed by atoms with Gasteiger partial charge in [0.05, 0.1) is 7.11 Å². The predicted molar refractivity (Wildman–Crippen MR) is 77.1 cm³/mol.